The zero-order chi connectivity index (χ0) is 36.3. The van der Waals surface area contributed by atoms with Gasteiger partial charge in [0.1, 0.15) is 0 Å². The van der Waals surface area contributed by atoms with Gasteiger partial charge in [-0.25, -0.2) is 0 Å². The molecule has 0 radical (unpaired) electrons. The molecule has 0 aliphatic rings. The fraction of sp³-hybridized carbons (Fsp3) is 0. The molecule has 9 aromatic carbocycles. The number of thiophene rings is 2. The average molecular weight is 736 g/mol. The molecule has 2 heterocycles. The van der Waals surface area contributed by atoms with E-state index >= 15 is 0 Å². The lowest BCUT2D eigenvalue weighted by Gasteiger charge is -2.27. The lowest BCUT2D eigenvalue weighted by Crippen LogP contribution is -2.10. The van der Waals surface area contributed by atoms with Crippen molar-refractivity contribution in [2.45, 2.75) is 0 Å². The van der Waals surface area contributed by atoms with Gasteiger partial charge in [-0.3, -0.25) is 0 Å². The molecule has 3 heteroatoms. The molecule has 0 fully saturated rings. The Kier molecular flexibility index (Phi) is 7.61. The highest BCUT2D eigenvalue weighted by molar-refractivity contribution is 7.26. The summed E-state index contributed by atoms with van der Waals surface area (Å²) in [7, 11) is 0. The molecule has 0 saturated carbocycles. The SMILES string of the molecule is c1ccc(-c2cc(N(c3ccc(-c4cccc5ccccc45)cc3)c3ccc4sc5ccccc5c4c3)ccc2-c2cccc3c2sc2ccccc23)cc1. The molecule has 0 atom stereocenters. The van der Waals surface area contributed by atoms with Gasteiger partial charge in [-0.2, -0.15) is 0 Å². The van der Waals surface area contributed by atoms with E-state index in [1.165, 1.54) is 84.5 Å². The van der Waals surface area contributed by atoms with E-state index in [4.69, 9.17) is 0 Å². The predicted octanol–water partition coefficient (Wildman–Crippen LogP) is 16.0. The van der Waals surface area contributed by atoms with Gasteiger partial charge in [0.2, 0.25) is 0 Å². The van der Waals surface area contributed by atoms with E-state index in [2.05, 4.69) is 205 Å². The average Bonchev–Trinajstić information content (AvgIpc) is 3.83. The summed E-state index contributed by atoms with van der Waals surface area (Å²) in [5.41, 5.74) is 10.7. The smallest absolute Gasteiger partial charge is 0.0468 e. The molecule has 0 spiro atoms. The maximum Gasteiger partial charge on any atom is 0.0468 e. The summed E-state index contributed by atoms with van der Waals surface area (Å²) in [6.07, 6.45) is 0. The standard InChI is InChI=1S/C52H33NS2/c1-2-12-35(13-3-1)47-32-38(28-30-42(47)45-20-11-21-46-43-17-6-9-23-50(43)55-52(45)46)53(39-29-31-51-48(33-39)44-18-7-8-22-49(44)54-51)37-26-24-36(25-27-37)41-19-10-15-34-14-4-5-16-40(34)41/h1-33H. The van der Waals surface area contributed by atoms with E-state index in [1.54, 1.807) is 0 Å². The van der Waals surface area contributed by atoms with Crippen molar-refractivity contribution in [2.75, 3.05) is 4.90 Å². The minimum atomic E-state index is 1.11. The van der Waals surface area contributed by atoms with Crippen LogP contribution in [-0.4, -0.2) is 0 Å². The number of rotatable bonds is 6. The molecule has 0 unspecified atom stereocenters. The van der Waals surface area contributed by atoms with Gasteiger partial charge in [-0.05, 0) is 93.2 Å². The molecule has 0 aliphatic carbocycles. The summed E-state index contributed by atoms with van der Waals surface area (Å²) >= 11 is 3.74. The zero-order valence-electron chi connectivity index (χ0n) is 29.8. The lowest BCUT2D eigenvalue weighted by atomic mass is 9.92. The molecule has 0 N–H and O–H groups in total. The maximum absolute atomic E-state index is 2.43. The van der Waals surface area contributed by atoms with Crippen LogP contribution in [0.1, 0.15) is 0 Å². The van der Waals surface area contributed by atoms with Crippen molar-refractivity contribution in [2.24, 2.45) is 0 Å². The molecule has 0 amide bonds. The fourth-order valence-electron chi connectivity index (χ4n) is 8.29. The summed E-state index contributed by atoms with van der Waals surface area (Å²) in [6, 6.07) is 73.5. The highest BCUT2D eigenvalue weighted by Gasteiger charge is 2.20. The second kappa shape index (κ2) is 13.1. The Bertz CT molecular complexity index is 3200. The molecular weight excluding hydrogens is 703 g/mol. The third-order valence-electron chi connectivity index (χ3n) is 10.9. The van der Waals surface area contributed by atoms with E-state index < -0.39 is 0 Å². The van der Waals surface area contributed by atoms with Gasteiger partial charge in [-0.15, -0.1) is 22.7 Å². The first-order valence-electron chi connectivity index (χ1n) is 18.7. The van der Waals surface area contributed by atoms with Crippen molar-refractivity contribution in [1.82, 2.24) is 0 Å². The van der Waals surface area contributed by atoms with Gasteiger partial charge in [0.05, 0.1) is 0 Å². The summed E-state index contributed by atoms with van der Waals surface area (Å²) in [6.45, 7) is 0. The van der Waals surface area contributed by atoms with E-state index in [0.717, 1.165) is 17.1 Å². The fourth-order valence-corrected chi connectivity index (χ4v) is 10.6. The number of fused-ring (bicyclic) bond motifs is 7. The first kappa shape index (κ1) is 32.0. The first-order valence-corrected chi connectivity index (χ1v) is 20.3. The molecule has 1 nitrogen and oxygen atoms in total. The third-order valence-corrected chi connectivity index (χ3v) is 13.3. The molecule has 55 heavy (non-hydrogen) atoms. The van der Waals surface area contributed by atoms with Crippen molar-refractivity contribution in [3.05, 3.63) is 200 Å². The van der Waals surface area contributed by atoms with Crippen LogP contribution in [0, 0.1) is 0 Å². The van der Waals surface area contributed by atoms with Gasteiger partial charge in [0, 0.05) is 63.0 Å². The quantitative estimate of drug-likeness (QED) is 0.164. The number of hydrogen-bond donors (Lipinski definition) is 0. The van der Waals surface area contributed by atoms with Crippen molar-refractivity contribution in [1.29, 1.82) is 0 Å². The van der Waals surface area contributed by atoms with Gasteiger partial charge in [0.25, 0.3) is 0 Å². The summed E-state index contributed by atoms with van der Waals surface area (Å²) in [4.78, 5) is 2.43. The lowest BCUT2D eigenvalue weighted by molar-refractivity contribution is 1.29. The van der Waals surface area contributed by atoms with Crippen LogP contribution in [0.4, 0.5) is 17.1 Å². The molecule has 0 bridgehead atoms. The van der Waals surface area contributed by atoms with Crippen molar-refractivity contribution in [3.8, 4) is 33.4 Å². The largest absolute Gasteiger partial charge is 0.310 e. The highest BCUT2D eigenvalue weighted by Crippen LogP contribution is 2.46. The Morgan fingerprint density at radius 2 is 0.855 bits per heavy atom. The maximum atomic E-state index is 2.43. The van der Waals surface area contributed by atoms with Gasteiger partial charge in [0.15, 0.2) is 0 Å². The second-order valence-corrected chi connectivity index (χ2v) is 16.2. The number of benzene rings is 9. The van der Waals surface area contributed by atoms with Crippen molar-refractivity contribution in [3.63, 3.8) is 0 Å². The van der Waals surface area contributed by atoms with Gasteiger partial charge < -0.3 is 4.90 Å². The van der Waals surface area contributed by atoms with Crippen LogP contribution in [0.2, 0.25) is 0 Å². The van der Waals surface area contributed by atoms with E-state index in [0.29, 0.717) is 0 Å². The number of hydrogen-bond acceptors (Lipinski definition) is 3. The topological polar surface area (TPSA) is 3.24 Å². The minimum absolute atomic E-state index is 1.11. The van der Waals surface area contributed by atoms with Crippen LogP contribution in [-0.2, 0) is 0 Å². The number of anilines is 3. The Labute approximate surface area is 327 Å². The Balaban J connectivity index is 1.12. The van der Waals surface area contributed by atoms with Crippen LogP contribution in [0.15, 0.2) is 200 Å². The monoisotopic (exact) mass is 735 g/mol. The van der Waals surface area contributed by atoms with Crippen LogP contribution >= 0.6 is 22.7 Å². The summed E-state index contributed by atoms with van der Waals surface area (Å²) < 4.78 is 5.25. The van der Waals surface area contributed by atoms with Crippen LogP contribution in [0.3, 0.4) is 0 Å². The molecule has 2 aromatic heterocycles. The molecular formula is C52H33NS2. The highest BCUT2D eigenvalue weighted by atomic mass is 32.1. The van der Waals surface area contributed by atoms with Crippen LogP contribution in [0.5, 0.6) is 0 Å². The van der Waals surface area contributed by atoms with Crippen molar-refractivity contribution >= 4 is 90.9 Å². The van der Waals surface area contributed by atoms with Crippen molar-refractivity contribution < 1.29 is 0 Å². The third kappa shape index (κ3) is 5.43. The summed E-state index contributed by atoms with van der Waals surface area (Å²) in [5, 5.41) is 7.73. The van der Waals surface area contributed by atoms with E-state index in [1.807, 2.05) is 22.7 Å². The van der Waals surface area contributed by atoms with Gasteiger partial charge in [-0.1, -0.05) is 146 Å². The van der Waals surface area contributed by atoms with Crippen LogP contribution in [0.25, 0.3) is 84.5 Å². The molecule has 0 aliphatic heterocycles. The Hall–Kier alpha value is -6.52. The molecule has 0 saturated heterocycles. The molecule has 11 aromatic rings. The Morgan fingerprint density at radius 3 is 1.69 bits per heavy atom. The molecule has 258 valence electrons. The second-order valence-electron chi connectivity index (χ2n) is 14.1. The van der Waals surface area contributed by atoms with Gasteiger partial charge >= 0.3 is 0 Å². The van der Waals surface area contributed by atoms with E-state index in [9.17, 15) is 0 Å². The van der Waals surface area contributed by atoms with E-state index in [-0.39, 0.29) is 0 Å². The van der Waals surface area contributed by atoms with Crippen LogP contribution < -0.4 is 4.90 Å². The number of nitrogens with zero attached hydrogens (tertiary/aromatic N) is 1. The zero-order valence-corrected chi connectivity index (χ0v) is 31.4. The first-order chi connectivity index (χ1) is 27.3. The summed E-state index contributed by atoms with van der Waals surface area (Å²) in [5.74, 6) is 0. The predicted molar refractivity (Wildman–Crippen MR) is 241 cm³/mol. The normalized spacial score (nSPS) is 11.6. The molecule has 11 rings (SSSR count). The minimum Gasteiger partial charge on any atom is -0.310 e. The Morgan fingerprint density at radius 1 is 0.291 bits per heavy atom.